The lowest BCUT2D eigenvalue weighted by atomic mass is 10.2. The third kappa shape index (κ3) is 7.84. The number of carbonyl (C=O) groups excluding carboxylic acids is 5. The van der Waals surface area contributed by atoms with Crippen LogP contribution in [0.2, 0.25) is 5.02 Å². The zero-order valence-electron chi connectivity index (χ0n) is 17.3. The van der Waals surface area contributed by atoms with E-state index < -0.39 is 42.0 Å². The van der Waals surface area contributed by atoms with Crippen molar-refractivity contribution in [3.8, 4) is 0 Å². The Morgan fingerprint density at radius 2 is 1.50 bits per heavy atom. The number of Topliss-reactive ketones (excluding diaryl/α,β-unsaturated/α-hetero) is 1. The van der Waals surface area contributed by atoms with Crippen molar-refractivity contribution >= 4 is 41.0 Å². The van der Waals surface area contributed by atoms with Crippen molar-refractivity contribution in [2.75, 3.05) is 13.1 Å². The summed E-state index contributed by atoms with van der Waals surface area (Å²) in [5.74, 6) is -3.38. The van der Waals surface area contributed by atoms with Crippen LogP contribution in [0.4, 0.5) is 0 Å². The molecule has 0 radical (unpaired) electrons. The molecule has 0 bridgehead atoms. The molecule has 10 heteroatoms. The van der Waals surface area contributed by atoms with E-state index in [0.29, 0.717) is 16.1 Å². The van der Waals surface area contributed by atoms with Crippen LogP contribution >= 0.6 is 11.6 Å². The predicted octanol–water partition coefficient (Wildman–Crippen LogP) is 0.576. The summed E-state index contributed by atoms with van der Waals surface area (Å²) >= 11 is 5.99. The number of nitrogens with one attached hydrogen (secondary N) is 4. The molecule has 4 N–H and O–H groups in total. The van der Waals surface area contributed by atoms with Gasteiger partial charge in [-0.15, -0.1) is 0 Å². The molecule has 0 aromatic heterocycles. The first kappa shape index (κ1) is 24.5. The fraction of sp³-hybridized carbons (Fsp3) is 0.227. The fourth-order valence-corrected chi connectivity index (χ4v) is 2.73. The van der Waals surface area contributed by atoms with E-state index >= 15 is 0 Å². The third-order valence-corrected chi connectivity index (χ3v) is 4.66. The van der Waals surface area contributed by atoms with Gasteiger partial charge in [0.05, 0.1) is 13.1 Å². The van der Waals surface area contributed by atoms with Crippen molar-refractivity contribution in [1.29, 1.82) is 0 Å². The number of ketones is 1. The fourth-order valence-electron chi connectivity index (χ4n) is 2.53. The van der Waals surface area contributed by atoms with E-state index in [4.69, 9.17) is 11.6 Å². The molecular weight excluding hydrogens is 436 g/mol. The molecule has 2 rings (SSSR count). The van der Waals surface area contributed by atoms with Crippen molar-refractivity contribution in [3.63, 3.8) is 0 Å². The van der Waals surface area contributed by atoms with Crippen LogP contribution in [-0.2, 0) is 25.7 Å². The lowest BCUT2D eigenvalue weighted by Crippen LogP contribution is -2.49. The first-order valence-electron chi connectivity index (χ1n) is 9.72. The Labute approximate surface area is 189 Å². The molecule has 0 heterocycles. The van der Waals surface area contributed by atoms with Crippen LogP contribution in [0.1, 0.15) is 22.8 Å². The molecular formula is C22H23ClN4O5. The molecule has 0 aliphatic carbocycles. The minimum absolute atomic E-state index is 0.0688. The van der Waals surface area contributed by atoms with E-state index in [-0.39, 0.29) is 13.1 Å². The van der Waals surface area contributed by atoms with Gasteiger partial charge < -0.3 is 21.3 Å². The normalized spacial score (nSPS) is 11.1. The summed E-state index contributed by atoms with van der Waals surface area (Å²) in [6, 6.07) is 14.2. The Hall–Kier alpha value is -3.72. The lowest BCUT2D eigenvalue weighted by molar-refractivity contribution is -0.138. The van der Waals surface area contributed by atoms with E-state index in [2.05, 4.69) is 21.3 Å². The lowest BCUT2D eigenvalue weighted by Gasteiger charge is -2.14. The SMILES string of the molecule is C[C@H](NC(=O)CNC(=O)c1ccccc1)C(=O)NCC(=O)C(=O)NCc1ccccc1Cl. The van der Waals surface area contributed by atoms with Crippen molar-refractivity contribution in [1.82, 2.24) is 21.3 Å². The van der Waals surface area contributed by atoms with Crippen LogP contribution < -0.4 is 21.3 Å². The van der Waals surface area contributed by atoms with E-state index in [9.17, 15) is 24.0 Å². The van der Waals surface area contributed by atoms with E-state index in [1.165, 1.54) is 6.92 Å². The molecule has 0 saturated heterocycles. The maximum atomic E-state index is 12.1. The van der Waals surface area contributed by atoms with Gasteiger partial charge in [-0.2, -0.15) is 0 Å². The predicted molar refractivity (Wildman–Crippen MR) is 118 cm³/mol. The molecule has 168 valence electrons. The summed E-state index contributed by atoms with van der Waals surface area (Å²) in [5.41, 5.74) is 1.05. The molecule has 0 fully saturated rings. The van der Waals surface area contributed by atoms with Gasteiger partial charge in [0, 0.05) is 17.1 Å². The van der Waals surface area contributed by atoms with Gasteiger partial charge in [-0.25, -0.2) is 0 Å². The van der Waals surface area contributed by atoms with Crippen molar-refractivity contribution in [2.45, 2.75) is 19.5 Å². The monoisotopic (exact) mass is 458 g/mol. The summed E-state index contributed by atoms with van der Waals surface area (Å²) in [4.78, 5) is 59.7. The van der Waals surface area contributed by atoms with Gasteiger partial charge in [-0.05, 0) is 30.7 Å². The maximum Gasteiger partial charge on any atom is 0.289 e. The summed E-state index contributed by atoms with van der Waals surface area (Å²) in [5, 5.41) is 10.0. The maximum absolute atomic E-state index is 12.1. The molecule has 0 aliphatic heterocycles. The number of carbonyl (C=O) groups is 5. The topological polar surface area (TPSA) is 133 Å². The Morgan fingerprint density at radius 1 is 0.844 bits per heavy atom. The molecule has 2 aromatic carbocycles. The van der Waals surface area contributed by atoms with Crippen LogP contribution in [0, 0.1) is 0 Å². The molecule has 9 nitrogen and oxygen atoms in total. The van der Waals surface area contributed by atoms with E-state index in [1.807, 2.05) is 0 Å². The first-order chi connectivity index (χ1) is 15.3. The first-order valence-corrected chi connectivity index (χ1v) is 10.1. The average Bonchev–Trinajstić information content (AvgIpc) is 2.80. The Morgan fingerprint density at radius 3 is 2.19 bits per heavy atom. The van der Waals surface area contributed by atoms with Gasteiger partial charge in [-0.3, -0.25) is 24.0 Å². The summed E-state index contributed by atoms with van der Waals surface area (Å²) in [7, 11) is 0. The van der Waals surface area contributed by atoms with Gasteiger partial charge in [0.1, 0.15) is 6.04 Å². The highest BCUT2D eigenvalue weighted by molar-refractivity contribution is 6.37. The second kappa shape index (κ2) is 12.2. The van der Waals surface area contributed by atoms with Crippen LogP contribution in [-0.4, -0.2) is 48.5 Å². The second-order valence-corrected chi connectivity index (χ2v) is 7.16. The van der Waals surface area contributed by atoms with E-state index in [1.54, 1.807) is 54.6 Å². The van der Waals surface area contributed by atoms with Crippen LogP contribution in [0.5, 0.6) is 0 Å². The molecule has 1 atom stereocenters. The van der Waals surface area contributed by atoms with Gasteiger partial charge in [-0.1, -0.05) is 48.0 Å². The molecule has 0 aliphatic rings. The molecule has 4 amide bonds. The smallest absolute Gasteiger partial charge is 0.289 e. The van der Waals surface area contributed by atoms with Gasteiger partial charge in [0.2, 0.25) is 17.6 Å². The number of halogens is 1. The van der Waals surface area contributed by atoms with Crippen LogP contribution in [0.15, 0.2) is 54.6 Å². The Bertz CT molecular complexity index is 997. The molecule has 0 unspecified atom stereocenters. The van der Waals surface area contributed by atoms with Gasteiger partial charge in [0.25, 0.3) is 11.8 Å². The quantitative estimate of drug-likeness (QED) is 0.386. The second-order valence-electron chi connectivity index (χ2n) is 6.75. The molecule has 32 heavy (non-hydrogen) atoms. The highest BCUT2D eigenvalue weighted by Crippen LogP contribution is 2.14. The number of rotatable bonds is 10. The van der Waals surface area contributed by atoms with Crippen molar-refractivity contribution in [2.24, 2.45) is 0 Å². The minimum atomic E-state index is -0.977. The van der Waals surface area contributed by atoms with Gasteiger partial charge >= 0.3 is 0 Å². The molecule has 0 saturated carbocycles. The summed E-state index contributed by atoms with van der Waals surface area (Å²) in [6.07, 6.45) is 0. The number of amides is 4. The largest absolute Gasteiger partial charge is 0.347 e. The standard InChI is InChI=1S/C22H23ClN4O5/c1-14(27-19(29)13-26-21(31)15-7-3-2-4-8-15)20(30)25-12-18(28)22(32)24-11-16-9-5-6-10-17(16)23/h2-10,14H,11-13H2,1H3,(H,24,32)(H,25,30)(H,26,31)(H,27,29)/t14-/m0/s1. The van der Waals surface area contributed by atoms with E-state index in [0.717, 1.165) is 0 Å². The highest BCUT2D eigenvalue weighted by atomic mass is 35.5. The van der Waals surface area contributed by atoms with Crippen LogP contribution in [0.3, 0.4) is 0 Å². The van der Waals surface area contributed by atoms with Gasteiger partial charge in [0.15, 0.2) is 0 Å². The zero-order valence-corrected chi connectivity index (χ0v) is 18.1. The molecule has 0 spiro atoms. The summed E-state index contributed by atoms with van der Waals surface area (Å²) in [6.45, 7) is 0.625. The third-order valence-electron chi connectivity index (χ3n) is 4.29. The zero-order chi connectivity index (χ0) is 23.5. The number of hydrogen-bond acceptors (Lipinski definition) is 5. The average molecular weight is 459 g/mol. The Balaban J connectivity index is 1.69. The highest BCUT2D eigenvalue weighted by Gasteiger charge is 2.19. The van der Waals surface area contributed by atoms with Crippen LogP contribution in [0.25, 0.3) is 0 Å². The number of benzene rings is 2. The molecule has 2 aromatic rings. The summed E-state index contributed by atoms with van der Waals surface area (Å²) < 4.78 is 0. The number of hydrogen-bond donors (Lipinski definition) is 4. The van der Waals surface area contributed by atoms with Crippen molar-refractivity contribution in [3.05, 3.63) is 70.7 Å². The minimum Gasteiger partial charge on any atom is -0.347 e. The Kier molecular flexibility index (Phi) is 9.37. The van der Waals surface area contributed by atoms with Crippen molar-refractivity contribution < 1.29 is 24.0 Å².